The summed E-state index contributed by atoms with van der Waals surface area (Å²) in [4.78, 5) is 11.3. The van der Waals surface area contributed by atoms with Gasteiger partial charge in [-0.3, -0.25) is 4.79 Å². The third-order valence-corrected chi connectivity index (χ3v) is 1.54. The van der Waals surface area contributed by atoms with Gasteiger partial charge in [0.1, 0.15) is 5.75 Å². The molecule has 3 nitrogen and oxygen atoms in total. The van der Waals surface area contributed by atoms with Crippen molar-refractivity contribution in [3.8, 4) is 5.75 Å². The predicted molar refractivity (Wildman–Crippen MR) is 53.3 cm³/mol. The van der Waals surface area contributed by atoms with Gasteiger partial charge in [-0.05, 0) is 19.1 Å². The summed E-state index contributed by atoms with van der Waals surface area (Å²) < 4.78 is 0. The maximum atomic E-state index is 11.3. The minimum absolute atomic E-state index is 0. The van der Waals surface area contributed by atoms with Crippen LogP contribution in [0.1, 0.15) is 17.3 Å². The molecule has 0 saturated heterocycles. The SMILES string of the molecule is CC(N)C(=O)c1cccc(O)c1.Cl. The fraction of sp³-hybridized carbons (Fsp3) is 0.222. The molecule has 0 aliphatic heterocycles. The fourth-order valence-electron chi connectivity index (χ4n) is 0.922. The summed E-state index contributed by atoms with van der Waals surface area (Å²) in [7, 11) is 0. The Labute approximate surface area is 83.0 Å². The second-order valence-electron chi connectivity index (χ2n) is 2.70. The number of hydrogen-bond donors (Lipinski definition) is 2. The van der Waals surface area contributed by atoms with Gasteiger partial charge in [0.25, 0.3) is 0 Å². The molecule has 0 aliphatic carbocycles. The lowest BCUT2D eigenvalue weighted by Crippen LogP contribution is -2.26. The minimum atomic E-state index is -0.521. The zero-order chi connectivity index (χ0) is 9.14. The van der Waals surface area contributed by atoms with Crippen LogP contribution in [0.3, 0.4) is 0 Å². The zero-order valence-corrected chi connectivity index (χ0v) is 8.04. The standard InChI is InChI=1S/C9H11NO2.ClH/c1-6(10)9(12)7-3-2-4-8(11)5-7;/h2-6,11H,10H2,1H3;1H. The van der Waals surface area contributed by atoms with Crippen molar-refractivity contribution in [2.45, 2.75) is 13.0 Å². The lowest BCUT2D eigenvalue weighted by molar-refractivity contribution is 0.0967. The van der Waals surface area contributed by atoms with Crippen LogP contribution in [0.5, 0.6) is 5.75 Å². The second-order valence-corrected chi connectivity index (χ2v) is 2.70. The number of Topliss-reactive ketones (excluding diaryl/α,β-unsaturated/α-hetero) is 1. The van der Waals surface area contributed by atoms with Crippen molar-refractivity contribution >= 4 is 18.2 Å². The van der Waals surface area contributed by atoms with Crippen LogP contribution < -0.4 is 5.73 Å². The van der Waals surface area contributed by atoms with E-state index in [2.05, 4.69) is 0 Å². The molecule has 0 heterocycles. The van der Waals surface area contributed by atoms with Gasteiger partial charge in [0.15, 0.2) is 5.78 Å². The van der Waals surface area contributed by atoms with Gasteiger partial charge in [-0.1, -0.05) is 12.1 Å². The van der Waals surface area contributed by atoms with E-state index in [1.165, 1.54) is 12.1 Å². The maximum Gasteiger partial charge on any atom is 0.179 e. The molecule has 72 valence electrons. The van der Waals surface area contributed by atoms with E-state index in [0.717, 1.165) is 0 Å². The van der Waals surface area contributed by atoms with E-state index in [-0.39, 0.29) is 23.9 Å². The number of benzene rings is 1. The van der Waals surface area contributed by atoms with E-state index in [0.29, 0.717) is 5.56 Å². The third kappa shape index (κ3) is 3.05. The highest BCUT2D eigenvalue weighted by atomic mass is 35.5. The Morgan fingerprint density at radius 3 is 2.62 bits per heavy atom. The highest BCUT2D eigenvalue weighted by molar-refractivity contribution is 5.99. The molecule has 1 rings (SSSR count). The average molecular weight is 202 g/mol. The summed E-state index contributed by atoms with van der Waals surface area (Å²) in [6.07, 6.45) is 0. The highest BCUT2D eigenvalue weighted by Crippen LogP contribution is 2.11. The van der Waals surface area contributed by atoms with Crippen LogP contribution in [0.4, 0.5) is 0 Å². The summed E-state index contributed by atoms with van der Waals surface area (Å²) in [5.41, 5.74) is 5.84. The smallest absolute Gasteiger partial charge is 0.179 e. The quantitative estimate of drug-likeness (QED) is 0.710. The first-order valence-corrected chi connectivity index (χ1v) is 3.70. The number of phenolic OH excluding ortho intramolecular Hbond substituents is 1. The van der Waals surface area contributed by atoms with Gasteiger partial charge in [-0.15, -0.1) is 12.4 Å². The van der Waals surface area contributed by atoms with Gasteiger partial charge >= 0.3 is 0 Å². The largest absolute Gasteiger partial charge is 0.508 e. The van der Waals surface area contributed by atoms with E-state index in [1.807, 2.05) is 0 Å². The van der Waals surface area contributed by atoms with Gasteiger partial charge in [-0.2, -0.15) is 0 Å². The Morgan fingerprint density at radius 2 is 2.15 bits per heavy atom. The van der Waals surface area contributed by atoms with Crippen molar-refractivity contribution in [1.29, 1.82) is 0 Å². The van der Waals surface area contributed by atoms with Crippen LogP contribution in [0.15, 0.2) is 24.3 Å². The molecular formula is C9H12ClNO2. The number of rotatable bonds is 2. The topological polar surface area (TPSA) is 63.3 Å². The molecule has 13 heavy (non-hydrogen) atoms. The number of ketones is 1. The molecule has 1 unspecified atom stereocenters. The van der Waals surface area contributed by atoms with E-state index in [1.54, 1.807) is 19.1 Å². The number of nitrogens with two attached hydrogens (primary N) is 1. The molecule has 0 fully saturated rings. The van der Waals surface area contributed by atoms with E-state index < -0.39 is 6.04 Å². The summed E-state index contributed by atoms with van der Waals surface area (Å²) >= 11 is 0. The Hall–Kier alpha value is -1.06. The van der Waals surface area contributed by atoms with Crippen LogP contribution in [0, 0.1) is 0 Å². The lowest BCUT2D eigenvalue weighted by Gasteiger charge is -2.03. The molecule has 0 spiro atoms. The summed E-state index contributed by atoms with van der Waals surface area (Å²) in [6, 6.07) is 5.65. The number of carbonyl (C=O) groups is 1. The molecule has 1 atom stereocenters. The first-order valence-electron chi connectivity index (χ1n) is 3.70. The first kappa shape index (κ1) is 11.9. The summed E-state index contributed by atoms with van der Waals surface area (Å²) in [6.45, 7) is 1.62. The van der Waals surface area contributed by atoms with Crippen LogP contribution in [0.25, 0.3) is 0 Å². The Kier molecular flexibility index (Phi) is 4.45. The number of halogens is 1. The molecule has 0 aromatic heterocycles. The molecule has 0 amide bonds. The molecule has 1 aromatic carbocycles. The van der Waals surface area contributed by atoms with Gasteiger partial charge < -0.3 is 10.8 Å². The van der Waals surface area contributed by atoms with Crippen molar-refractivity contribution in [2.24, 2.45) is 5.73 Å². The van der Waals surface area contributed by atoms with Gasteiger partial charge in [0, 0.05) is 5.56 Å². The molecule has 0 radical (unpaired) electrons. The number of carbonyl (C=O) groups excluding carboxylic acids is 1. The van der Waals surface area contributed by atoms with Crippen molar-refractivity contribution in [1.82, 2.24) is 0 Å². The predicted octanol–water partition coefficient (Wildman–Crippen LogP) is 1.34. The molecule has 3 N–H and O–H groups in total. The number of aromatic hydroxyl groups is 1. The van der Waals surface area contributed by atoms with E-state index in [9.17, 15) is 4.79 Å². The molecule has 0 bridgehead atoms. The average Bonchev–Trinajstić information content (AvgIpc) is 2.03. The molecule has 4 heteroatoms. The molecule has 1 aromatic rings. The maximum absolute atomic E-state index is 11.3. The van der Waals surface area contributed by atoms with Crippen molar-refractivity contribution in [3.05, 3.63) is 29.8 Å². The Bertz CT molecular complexity index is 299. The van der Waals surface area contributed by atoms with Crippen LogP contribution in [0.2, 0.25) is 0 Å². The second kappa shape index (κ2) is 4.84. The van der Waals surface area contributed by atoms with Gasteiger partial charge in [0.2, 0.25) is 0 Å². The third-order valence-electron chi connectivity index (χ3n) is 1.54. The number of hydrogen-bond acceptors (Lipinski definition) is 3. The molecular weight excluding hydrogens is 190 g/mol. The zero-order valence-electron chi connectivity index (χ0n) is 7.23. The van der Waals surface area contributed by atoms with Crippen LogP contribution in [-0.4, -0.2) is 16.9 Å². The minimum Gasteiger partial charge on any atom is -0.508 e. The van der Waals surface area contributed by atoms with Crippen LogP contribution in [-0.2, 0) is 0 Å². The summed E-state index contributed by atoms with van der Waals surface area (Å²) in [5, 5.41) is 9.05. The van der Waals surface area contributed by atoms with Crippen molar-refractivity contribution in [3.63, 3.8) is 0 Å². The molecule has 0 saturated carbocycles. The first-order chi connectivity index (χ1) is 5.61. The summed E-state index contributed by atoms with van der Waals surface area (Å²) in [5.74, 6) is -0.0765. The highest BCUT2D eigenvalue weighted by Gasteiger charge is 2.10. The van der Waals surface area contributed by atoms with E-state index in [4.69, 9.17) is 10.8 Å². The monoisotopic (exact) mass is 201 g/mol. The Balaban J connectivity index is 0.00000144. The number of phenols is 1. The normalized spacial score (nSPS) is 11.5. The van der Waals surface area contributed by atoms with E-state index >= 15 is 0 Å². The molecule has 0 aliphatic rings. The van der Waals surface area contributed by atoms with Crippen molar-refractivity contribution < 1.29 is 9.90 Å². The van der Waals surface area contributed by atoms with Gasteiger partial charge in [-0.25, -0.2) is 0 Å². The Morgan fingerprint density at radius 1 is 1.54 bits per heavy atom. The lowest BCUT2D eigenvalue weighted by atomic mass is 10.1. The van der Waals surface area contributed by atoms with Crippen molar-refractivity contribution in [2.75, 3.05) is 0 Å². The van der Waals surface area contributed by atoms with Crippen LogP contribution >= 0.6 is 12.4 Å². The van der Waals surface area contributed by atoms with Gasteiger partial charge in [0.05, 0.1) is 6.04 Å². The fourth-order valence-corrected chi connectivity index (χ4v) is 0.922.